The normalized spacial score (nSPS) is 25.0. The predicted molar refractivity (Wildman–Crippen MR) is 77.0 cm³/mol. The van der Waals surface area contributed by atoms with Crippen molar-refractivity contribution in [2.24, 2.45) is 5.92 Å². The molecule has 110 valence electrons. The smallest absolute Gasteiger partial charge is 0.264 e. The van der Waals surface area contributed by atoms with Crippen LogP contribution in [-0.2, 0) is 0 Å². The Morgan fingerprint density at radius 1 is 1.19 bits per heavy atom. The van der Waals surface area contributed by atoms with Gasteiger partial charge in [-0.3, -0.25) is 9.89 Å². The predicted octanol–water partition coefficient (Wildman–Crippen LogP) is -0.257. The molecular formula is C13H17N7O. The first-order valence-electron chi connectivity index (χ1n) is 7.26. The average molecular weight is 287 g/mol. The zero-order chi connectivity index (χ0) is 14.2. The Labute approximate surface area is 121 Å². The summed E-state index contributed by atoms with van der Waals surface area (Å²) < 4.78 is 0. The van der Waals surface area contributed by atoms with Crippen LogP contribution in [0.1, 0.15) is 12.8 Å². The monoisotopic (exact) mass is 287 g/mol. The molecule has 4 heterocycles. The van der Waals surface area contributed by atoms with Gasteiger partial charge in [-0.15, -0.1) is 5.10 Å². The van der Waals surface area contributed by atoms with Crippen molar-refractivity contribution in [3.05, 3.63) is 22.5 Å². The number of nitrogens with zero attached hydrogens (tertiary/aromatic N) is 4. The molecule has 8 heteroatoms. The number of hydrogen-bond donors (Lipinski definition) is 3. The van der Waals surface area contributed by atoms with Crippen molar-refractivity contribution in [3.8, 4) is 11.5 Å². The number of hydrogen-bond acceptors (Lipinski definition) is 6. The molecule has 21 heavy (non-hydrogen) atoms. The Balaban J connectivity index is 1.54. The summed E-state index contributed by atoms with van der Waals surface area (Å²) in [4.78, 5) is 17.7. The first kappa shape index (κ1) is 12.5. The van der Waals surface area contributed by atoms with Crippen LogP contribution >= 0.6 is 0 Å². The summed E-state index contributed by atoms with van der Waals surface area (Å²) in [5.74, 6) is 1.96. The number of anilines is 1. The van der Waals surface area contributed by atoms with E-state index in [9.17, 15) is 4.79 Å². The van der Waals surface area contributed by atoms with Crippen LogP contribution in [0.15, 0.2) is 16.9 Å². The number of aromatic amines is 2. The Hall–Kier alpha value is -2.22. The maximum atomic E-state index is 11.0. The molecule has 0 aliphatic carbocycles. The maximum Gasteiger partial charge on any atom is 0.264 e. The summed E-state index contributed by atoms with van der Waals surface area (Å²) >= 11 is 0. The van der Waals surface area contributed by atoms with Crippen molar-refractivity contribution in [3.63, 3.8) is 0 Å². The Kier molecular flexibility index (Phi) is 2.95. The van der Waals surface area contributed by atoms with E-state index in [0.29, 0.717) is 29.4 Å². The molecule has 2 unspecified atom stereocenters. The second-order valence-corrected chi connectivity index (χ2v) is 5.66. The summed E-state index contributed by atoms with van der Waals surface area (Å²) in [6.07, 6.45) is 2.52. The molecule has 4 rings (SSSR count). The van der Waals surface area contributed by atoms with E-state index < -0.39 is 0 Å². The second kappa shape index (κ2) is 4.96. The Morgan fingerprint density at radius 2 is 2.14 bits per heavy atom. The maximum absolute atomic E-state index is 11.0. The van der Waals surface area contributed by atoms with Gasteiger partial charge in [0.15, 0.2) is 5.82 Å². The third-order valence-electron chi connectivity index (χ3n) is 4.28. The van der Waals surface area contributed by atoms with Gasteiger partial charge in [-0.1, -0.05) is 0 Å². The summed E-state index contributed by atoms with van der Waals surface area (Å²) in [6.45, 7) is 3.05. The van der Waals surface area contributed by atoms with E-state index in [-0.39, 0.29) is 5.56 Å². The van der Waals surface area contributed by atoms with Crippen LogP contribution in [-0.4, -0.2) is 51.1 Å². The molecule has 0 bridgehead atoms. The molecule has 2 aliphatic heterocycles. The van der Waals surface area contributed by atoms with E-state index in [1.54, 1.807) is 6.07 Å². The van der Waals surface area contributed by atoms with E-state index in [1.807, 2.05) is 0 Å². The van der Waals surface area contributed by atoms with Crippen molar-refractivity contribution in [1.29, 1.82) is 0 Å². The highest BCUT2D eigenvalue weighted by Gasteiger charge is 2.35. The highest BCUT2D eigenvalue weighted by atomic mass is 16.1. The van der Waals surface area contributed by atoms with E-state index in [0.717, 1.165) is 19.6 Å². The Bertz CT molecular complexity index is 659. The molecule has 0 amide bonds. The van der Waals surface area contributed by atoms with E-state index in [4.69, 9.17) is 0 Å². The van der Waals surface area contributed by atoms with Crippen molar-refractivity contribution in [2.45, 2.75) is 18.9 Å². The molecule has 0 spiro atoms. The van der Waals surface area contributed by atoms with Crippen molar-refractivity contribution in [2.75, 3.05) is 24.5 Å². The van der Waals surface area contributed by atoms with Crippen molar-refractivity contribution in [1.82, 2.24) is 30.7 Å². The lowest BCUT2D eigenvalue weighted by atomic mass is 9.94. The summed E-state index contributed by atoms with van der Waals surface area (Å²) in [5, 5.41) is 17.1. The zero-order valence-corrected chi connectivity index (χ0v) is 11.5. The van der Waals surface area contributed by atoms with E-state index in [2.05, 4.69) is 35.6 Å². The van der Waals surface area contributed by atoms with Gasteiger partial charge in [0, 0.05) is 25.2 Å². The minimum atomic E-state index is -0.229. The standard InChI is InChI=1S/C13H17N7O/c21-11-4-3-9(16-17-11)12-15-13(19-18-12)20-6-8-2-1-5-14-10(8)7-20/h3-4,8,10,14H,1-2,5-7H2,(H,17,21)(H,15,18,19). The zero-order valence-electron chi connectivity index (χ0n) is 11.5. The number of fused-ring (bicyclic) bond motifs is 1. The van der Waals surface area contributed by atoms with Crippen LogP contribution in [0.4, 0.5) is 5.95 Å². The molecule has 3 N–H and O–H groups in total. The van der Waals surface area contributed by atoms with Crippen LogP contribution in [0, 0.1) is 5.92 Å². The largest absolute Gasteiger partial charge is 0.338 e. The molecule has 0 radical (unpaired) electrons. The fourth-order valence-electron chi connectivity index (χ4n) is 3.20. The van der Waals surface area contributed by atoms with Crippen LogP contribution in [0.2, 0.25) is 0 Å². The first-order chi connectivity index (χ1) is 10.3. The lowest BCUT2D eigenvalue weighted by molar-refractivity contribution is 0.340. The lowest BCUT2D eigenvalue weighted by Crippen LogP contribution is -2.40. The molecule has 2 saturated heterocycles. The Morgan fingerprint density at radius 3 is 2.95 bits per heavy atom. The molecule has 0 saturated carbocycles. The molecule has 2 aromatic heterocycles. The third kappa shape index (κ3) is 2.31. The number of aromatic nitrogens is 5. The molecule has 2 fully saturated rings. The van der Waals surface area contributed by atoms with Crippen molar-refractivity contribution >= 4 is 5.95 Å². The van der Waals surface area contributed by atoms with Crippen LogP contribution < -0.4 is 15.8 Å². The first-order valence-corrected chi connectivity index (χ1v) is 7.26. The fraction of sp³-hybridized carbons (Fsp3) is 0.538. The minimum absolute atomic E-state index is 0.229. The van der Waals surface area contributed by atoms with Crippen LogP contribution in [0.5, 0.6) is 0 Å². The van der Waals surface area contributed by atoms with Gasteiger partial charge in [-0.2, -0.15) is 10.1 Å². The van der Waals surface area contributed by atoms with Gasteiger partial charge in [0.2, 0.25) is 5.95 Å². The lowest BCUT2D eigenvalue weighted by Gasteiger charge is -2.24. The van der Waals surface area contributed by atoms with Crippen LogP contribution in [0.3, 0.4) is 0 Å². The minimum Gasteiger partial charge on any atom is -0.338 e. The van der Waals surface area contributed by atoms with Crippen LogP contribution in [0.25, 0.3) is 11.5 Å². The van der Waals surface area contributed by atoms with Gasteiger partial charge in [0.1, 0.15) is 5.69 Å². The summed E-state index contributed by atoms with van der Waals surface area (Å²) in [6, 6.07) is 3.61. The third-order valence-corrected chi connectivity index (χ3v) is 4.28. The SMILES string of the molecule is O=c1ccc(-c2nc(N3CC4CCCNC4C3)n[nH]2)n[nH]1. The molecule has 8 nitrogen and oxygen atoms in total. The second-order valence-electron chi connectivity index (χ2n) is 5.66. The van der Waals surface area contributed by atoms with Gasteiger partial charge < -0.3 is 10.2 Å². The number of H-pyrrole nitrogens is 2. The molecule has 2 atom stereocenters. The number of nitrogens with one attached hydrogen (secondary N) is 3. The van der Waals surface area contributed by atoms with Gasteiger partial charge in [-0.05, 0) is 31.4 Å². The van der Waals surface area contributed by atoms with Gasteiger partial charge in [-0.25, -0.2) is 5.10 Å². The van der Waals surface area contributed by atoms with Gasteiger partial charge >= 0.3 is 0 Å². The summed E-state index contributed by atoms with van der Waals surface area (Å²) in [7, 11) is 0. The summed E-state index contributed by atoms with van der Waals surface area (Å²) in [5.41, 5.74) is 0.358. The van der Waals surface area contributed by atoms with Gasteiger partial charge in [0.25, 0.3) is 5.56 Å². The molecule has 2 aromatic rings. The molecular weight excluding hydrogens is 270 g/mol. The quantitative estimate of drug-likeness (QED) is 0.703. The topological polar surface area (TPSA) is 103 Å². The molecule has 2 aliphatic rings. The number of rotatable bonds is 2. The number of piperidine rings is 1. The van der Waals surface area contributed by atoms with Crippen molar-refractivity contribution < 1.29 is 0 Å². The van der Waals surface area contributed by atoms with E-state index >= 15 is 0 Å². The fourth-order valence-corrected chi connectivity index (χ4v) is 3.20. The highest BCUT2D eigenvalue weighted by Crippen LogP contribution is 2.27. The average Bonchev–Trinajstić information content (AvgIpc) is 3.14. The highest BCUT2D eigenvalue weighted by molar-refractivity contribution is 5.50. The molecule has 0 aromatic carbocycles. The van der Waals surface area contributed by atoms with Gasteiger partial charge in [0.05, 0.1) is 0 Å². The van der Waals surface area contributed by atoms with E-state index in [1.165, 1.54) is 18.9 Å².